The summed E-state index contributed by atoms with van der Waals surface area (Å²) in [4.78, 5) is 23.1. The summed E-state index contributed by atoms with van der Waals surface area (Å²) in [5, 5.41) is 15.7. The van der Waals surface area contributed by atoms with Gasteiger partial charge >= 0.3 is 10.2 Å². The van der Waals surface area contributed by atoms with Crippen molar-refractivity contribution in [3.05, 3.63) is 30.3 Å². The number of nitrogens with zero attached hydrogens (tertiary/aromatic N) is 4. The van der Waals surface area contributed by atoms with E-state index in [-0.39, 0.29) is 5.13 Å². The number of hydrogen-bond donors (Lipinski definition) is 2. The molecule has 2 N–H and O–H groups in total. The molecular formula is C11H8N6O4S2. The maximum Gasteiger partial charge on any atom is 0.326 e. The van der Waals surface area contributed by atoms with Gasteiger partial charge in [0.15, 0.2) is 0 Å². The number of nitrogens with one attached hydrogen (secondary N) is 2. The molecular weight excluding hydrogens is 344 g/mol. The number of hydrogen-bond acceptors (Lipinski definition) is 9. The van der Waals surface area contributed by atoms with Crippen LogP contribution in [0.15, 0.2) is 40.6 Å². The lowest BCUT2D eigenvalue weighted by Crippen LogP contribution is -2.57. The fourth-order valence-electron chi connectivity index (χ4n) is 1.69. The third kappa shape index (κ3) is 3.37. The third-order valence-corrected chi connectivity index (χ3v) is 4.46. The Bertz CT molecular complexity index is 868. The first-order valence-electron chi connectivity index (χ1n) is 6.13. The van der Waals surface area contributed by atoms with Crippen molar-refractivity contribution < 1.29 is 18.0 Å². The summed E-state index contributed by atoms with van der Waals surface area (Å²) in [5.74, 6) is -2.16. The molecule has 0 radical (unpaired) electrons. The molecule has 0 bridgehead atoms. The molecule has 23 heavy (non-hydrogen) atoms. The Hall–Kier alpha value is -2.73. The highest BCUT2D eigenvalue weighted by molar-refractivity contribution is 7.88. The summed E-state index contributed by atoms with van der Waals surface area (Å²) in [6.45, 7) is 0. The van der Waals surface area contributed by atoms with E-state index in [1.807, 2.05) is 30.3 Å². The number of rotatable bonds is 3. The Morgan fingerprint density at radius 3 is 2.35 bits per heavy atom. The van der Waals surface area contributed by atoms with E-state index < -0.39 is 28.1 Å². The molecule has 1 aliphatic rings. The van der Waals surface area contributed by atoms with Gasteiger partial charge in [-0.15, -0.1) is 15.3 Å². The maximum absolute atomic E-state index is 11.5. The number of amides is 2. The van der Waals surface area contributed by atoms with Crippen LogP contribution in [0.3, 0.4) is 0 Å². The maximum atomic E-state index is 11.5. The van der Waals surface area contributed by atoms with Crippen molar-refractivity contribution >= 4 is 38.5 Å². The van der Waals surface area contributed by atoms with Crippen LogP contribution in [0.1, 0.15) is 0 Å². The first-order valence-corrected chi connectivity index (χ1v) is 8.42. The molecule has 2 heterocycles. The minimum Gasteiger partial charge on any atom is -0.271 e. The first kappa shape index (κ1) is 15.2. The van der Waals surface area contributed by atoms with Gasteiger partial charge in [-0.2, -0.15) is 13.5 Å². The molecule has 10 nitrogen and oxygen atoms in total. The Morgan fingerprint density at radius 2 is 1.70 bits per heavy atom. The molecule has 1 aromatic carbocycles. The second kappa shape index (κ2) is 5.81. The van der Waals surface area contributed by atoms with Gasteiger partial charge < -0.3 is 0 Å². The van der Waals surface area contributed by atoms with Gasteiger partial charge in [-0.25, -0.2) is 9.44 Å². The van der Waals surface area contributed by atoms with Crippen LogP contribution in [-0.4, -0.2) is 36.5 Å². The normalized spacial score (nSPS) is 17.9. The van der Waals surface area contributed by atoms with Crippen LogP contribution in [0.25, 0.3) is 10.6 Å². The second-order valence-corrected chi connectivity index (χ2v) is 6.68. The van der Waals surface area contributed by atoms with Gasteiger partial charge in [0.1, 0.15) is 5.01 Å². The van der Waals surface area contributed by atoms with Gasteiger partial charge in [0.2, 0.25) is 6.04 Å². The van der Waals surface area contributed by atoms with Crippen LogP contribution < -0.4 is 9.44 Å². The molecule has 1 saturated heterocycles. The molecule has 1 aromatic heterocycles. The highest BCUT2D eigenvalue weighted by atomic mass is 32.2. The smallest absolute Gasteiger partial charge is 0.271 e. The predicted molar refractivity (Wildman–Crippen MR) is 78.9 cm³/mol. The van der Waals surface area contributed by atoms with Crippen LogP contribution in [0, 0.1) is 0 Å². The van der Waals surface area contributed by atoms with Crippen molar-refractivity contribution in [1.82, 2.24) is 19.6 Å². The quantitative estimate of drug-likeness (QED) is 0.594. The van der Waals surface area contributed by atoms with Gasteiger partial charge in [0.05, 0.1) is 0 Å². The van der Waals surface area contributed by atoms with E-state index >= 15 is 0 Å². The van der Waals surface area contributed by atoms with Crippen molar-refractivity contribution in [2.45, 2.75) is 6.04 Å². The lowest BCUT2D eigenvalue weighted by Gasteiger charge is -2.17. The minimum absolute atomic E-state index is 0.137. The van der Waals surface area contributed by atoms with Crippen molar-refractivity contribution in [2.24, 2.45) is 10.2 Å². The summed E-state index contributed by atoms with van der Waals surface area (Å²) >= 11 is 1.11. The standard InChI is InChI=1S/C11H8N6O4S2/c18-8-7(9(19)17-23(20,21)16-8)12-14-11-15-13-10(22-11)6-4-2-1-3-5-6/h1-5,7H,(H,16,18)(H,17,19). The molecule has 1 aliphatic heterocycles. The largest absolute Gasteiger partial charge is 0.326 e. The van der Waals surface area contributed by atoms with Crippen LogP contribution in [0.2, 0.25) is 0 Å². The van der Waals surface area contributed by atoms with E-state index in [0.717, 1.165) is 16.9 Å². The van der Waals surface area contributed by atoms with Gasteiger partial charge in [-0.1, -0.05) is 41.7 Å². The van der Waals surface area contributed by atoms with E-state index in [2.05, 4.69) is 20.4 Å². The van der Waals surface area contributed by atoms with Gasteiger partial charge in [-0.3, -0.25) is 9.59 Å². The molecule has 0 spiro atoms. The Labute approximate surface area is 133 Å². The lowest BCUT2D eigenvalue weighted by atomic mass is 10.2. The average molecular weight is 352 g/mol. The van der Waals surface area contributed by atoms with Crippen LogP contribution >= 0.6 is 11.3 Å². The van der Waals surface area contributed by atoms with E-state index in [1.165, 1.54) is 0 Å². The minimum atomic E-state index is -4.16. The topological polar surface area (TPSA) is 143 Å². The Morgan fingerprint density at radius 1 is 1.04 bits per heavy atom. The summed E-state index contributed by atoms with van der Waals surface area (Å²) in [5.41, 5.74) is 0.839. The van der Waals surface area contributed by atoms with Crippen LogP contribution in [0.4, 0.5) is 5.13 Å². The average Bonchev–Trinajstić information content (AvgIpc) is 2.95. The number of benzene rings is 1. The van der Waals surface area contributed by atoms with Crippen molar-refractivity contribution in [1.29, 1.82) is 0 Å². The number of carbonyl (C=O) groups excluding carboxylic acids is 2. The van der Waals surface area contributed by atoms with Gasteiger partial charge in [0.25, 0.3) is 16.9 Å². The van der Waals surface area contributed by atoms with Gasteiger partial charge in [-0.05, 0) is 0 Å². The Balaban J connectivity index is 1.77. The molecule has 2 aromatic rings. The van der Waals surface area contributed by atoms with E-state index in [4.69, 9.17) is 0 Å². The zero-order valence-electron chi connectivity index (χ0n) is 11.2. The number of carbonyl (C=O) groups is 2. The van der Waals surface area contributed by atoms with Crippen LogP contribution in [0.5, 0.6) is 0 Å². The van der Waals surface area contributed by atoms with Crippen LogP contribution in [-0.2, 0) is 19.8 Å². The molecule has 0 atom stereocenters. The van der Waals surface area contributed by atoms with Crippen molar-refractivity contribution in [3.8, 4) is 10.6 Å². The number of aromatic nitrogens is 2. The summed E-state index contributed by atoms with van der Waals surface area (Å²) < 4.78 is 25.4. The molecule has 118 valence electrons. The van der Waals surface area contributed by atoms with E-state index in [9.17, 15) is 18.0 Å². The highest BCUT2D eigenvalue weighted by Gasteiger charge is 2.37. The molecule has 0 saturated carbocycles. The number of azo groups is 1. The first-order chi connectivity index (χ1) is 10.9. The molecule has 0 aliphatic carbocycles. The fraction of sp³-hybridized carbons (Fsp3) is 0.0909. The zero-order valence-corrected chi connectivity index (χ0v) is 12.8. The molecule has 2 amide bonds. The summed E-state index contributed by atoms with van der Waals surface area (Å²) in [6, 6.07) is 7.63. The zero-order chi connectivity index (χ0) is 16.4. The summed E-state index contributed by atoms with van der Waals surface area (Å²) in [7, 11) is -4.16. The molecule has 12 heteroatoms. The predicted octanol–water partition coefficient (Wildman–Crippen LogP) is 0.148. The molecule has 3 rings (SSSR count). The third-order valence-electron chi connectivity index (χ3n) is 2.66. The summed E-state index contributed by atoms with van der Waals surface area (Å²) in [6.07, 6.45) is 0. The molecule has 0 unspecified atom stereocenters. The van der Waals surface area contributed by atoms with E-state index in [0.29, 0.717) is 5.01 Å². The SMILES string of the molecule is O=C1NS(=O)(=O)NC(=O)C1N=Nc1nnc(-c2ccccc2)s1. The van der Waals surface area contributed by atoms with Gasteiger partial charge in [0, 0.05) is 5.56 Å². The van der Waals surface area contributed by atoms with Crippen molar-refractivity contribution in [3.63, 3.8) is 0 Å². The monoisotopic (exact) mass is 352 g/mol. The lowest BCUT2D eigenvalue weighted by molar-refractivity contribution is -0.130. The van der Waals surface area contributed by atoms with Crippen molar-refractivity contribution in [2.75, 3.05) is 0 Å². The molecule has 1 fully saturated rings. The second-order valence-electron chi connectivity index (χ2n) is 4.31. The highest BCUT2D eigenvalue weighted by Crippen LogP contribution is 2.28. The fourth-order valence-corrected chi connectivity index (χ4v) is 3.17. The Kier molecular flexibility index (Phi) is 3.83. The van der Waals surface area contributed by atoms with E-state index in [1.54, 1.807) is 9.44 Å².